The van der Waals surface area contributed by atoms with Crippen molar-refractivity contribution in [2.24, 2.45) is 0 Å². The lowest BCUT2D eigenvalue weighted by Gasteiger charge is -2.31. The second-order valence-electron chi connectivity index (χ2n) is 5.11. The van der Waals surface area contributed by atoms with Crippen LogP contribution in [0.5, 0.6) is 0 Å². The van der Waals surface area contributed by atoms with Crippen molar-refractivity contribution in [3.05, 3.63) is 34.1 Å². The molecule has 1 N–H and O–H groups in total. The Morgan fingerprint density at radius 1 is 1.45 bits per heavy atom. The molecule has 0 saturated carbocycles. The van der Waals surface area contributed by atoms with E-state index in [9.17, 15) is 12.8 Å². The largest absolute Gasteiger partial charge is 0.309 e. The van der Waals surface area contributed by atoms with Gasteiger partial charge in [0.2, 0.25) is 0 Å². The minimum absolute atomic E-state index is 0.252. The van der Waals surface area contributed by atoms with Gasteiger partial charge in [0, 0.05) is 6.04 Å². The van der Waals surface area contributed by atoms with Gasteiger partial charge in [-0.05, 0) is 53.0 Å². The molecule has 3 nitrogen and oxygen atoms in total. The Labute approximate surface area is 128 Å². The van der Waals surface area contributed by atoms with E-state index in [1.54, 1.807) is 12.1 Å². The summed E-state index contributed by atoms with van der Waals surface area (Å²) in [5.74, 6) is -0.0856. The Balaban J connectivity index is 2.37. The molecule has 2 rings (SSSR count). The molecule has 0 spiro atoms. The fourth-order valence-corrected chi connectivity index (χ4v) is 5.24. The van der Waals surface area contributed by atoms with Crippen molar-refractivity contribution in [2.75, 3.05) is 12.3 Å². The molecule has 0 aliphatic carbocycles. The van der Waals surface area contributed by atoms with Gasteiger partial charge in [-0.3, -0.25) is 0 Å². The van der Waals surface area contributed by atoms with Gasteiger partial charge in [0.1, 0.15) is 5.82 Å². The fourth-order valence-electron chi connectivity index (χ4n) is 2.74. The normalized spacial score (nSPS) is 23.4. The highest BCUT2D eigenvalue weighted by Gasteiger charge is 2.36. The molecule has 1 aromatic carbocycles. The Bertz CT molecular complexity index is 577. The highest BCUT2D eigenvalue weighted by molar-refractivity contribution is 9.10. The first kappa shape index (κ1) is 15.9. The summed E-state index contributed by atoms with van der Waals surface area (Å²) in [5.41, 5.74) is 0.815. The van der Waals surface area contributed by atoms with Gasteiger partial charge in [0.15, 0.2) is 9.84 Å². The van der Waals surface area contributed by atoms with Crippen LogP contribution in [0.1, 0.15) is 37.8 Å². The van der Waals surface area contributed by atoms with Crippen LogP contribution in [-0.2, 0) is 9.84 Å². The molecule has 1 aliphatic heterocycles. The van der Waals surface area contributed by atoms with E-state index in [-0.39, 0.29) is 17.6 Å². The maximum Gasteiger partial charge on any atom is 0.155 e. The molecule has 1 heterocycles. The Morgan fingerprint density at radius 2 is 2.20 bits per heavy atom. The number of rotatable bonds is 4. The zero-order valence-electron chi connectivity index (χ0n) is 11.4. The molecule has 112 valence electrons. The molecule has 1 saturated heterocycles. The predicted octanol–water partition coefficient (Wildman–Crippen LogP) is 3.21. The summed E-state index contributed by atoms with van der Waals surface area (Å²) in [6, 6.07) is 4.44. The third-order valence-corrected chi connectivity index (χ3v) is 6.62. The number of hydrogen-bond acceptors (Lipinski definition) is 3. The maximum absolute atomic E-state index is 13.4. The molecular weight excluding hydrogens is 345 g/mol. The molecule has 0 aromatic heterocycles. The minimum atomic E-state index is -3.09. The molecular formula is C14H19BrFNO2S. The zero-order chi connectivity index (χ0) is 14.8. The highest BCUT2D eigenvalue weighted by Crippen LogP contribution is 2.32. The van der Waals surface area contributed by atoms with Crippen molar-refractivity contribution in [1.82, 2.24) is 5.32 Å². The first-order chi connectivity index (χ1) is 9.45. The summed E-state index contributed by atoms with van der Waals surface area (Å²) >= 11 is 3.17. The van der Waals surface area contributed by atoms with E-state index in [2.05, 4.69) is 21.2 Å². The average molecular weight is 364 g/mol. The number of sulfone groups is 1. The van der Waals surface area contributed by atoms with Gasteiger partial charge in [0.05, 0.1) is 15.5 Å². The van der Waals surface area contributed by atoms with Crippen molar-refractivity contribution in [2.45, 2.75) is 37.5 Å². The Morgan fingerprint density at radius 3 is 2.80 bits per heavy atom. The second kappa shape index (κ2) is 6.54. The first-order valence-electron chi connectivity index (χ1n) is 6.85. The van der Waals surface area contributed by atoms with Crippen LogP contribution >= 0.6 is 15.9 Å². The minimum Gasteiger partial charge on any atom is -0.309 e. The fraction of sp³-hybridized carbons (Fsp3) is 0.571. The van der Waals surface area contributed by atoms with Gasteiger partial charge in [-0.2, -0.15) is 0 Å². The lowest BCUT2D eigenvalue weighted by molar-refractivity contribution is 0.453. The number of nitrogens with one attached hydrogen (secondary N) is 1. The van der Waals surface area contributed by atoms with Crippen LogP contribution < -0.4 is 5.32 Å². The summed E-state index contributed by atoms with van der Waals surface area (Å²) < 4.78 is 38.3. The van der Waals surface area contributed by atoms with Crippen molar-refractivity contribution in [3.8, 4) is 0 Å². The van der Waals surface area contributed by atoms with Gasteiger partial charge >= 0.3 is 0 Å². The van der Waals surface area contributed by atoms with Gasteiger partial charge in [-0.1, -0.05) is 19.4 Å². The van der Waals surface area contributed by atoms with E-state index in [1.807, 2.05) is 6.92 Å². The number of hydrogen-bond donors (Lipinski definition) is 1. The van der Waals surface area contributed by atoms with Crippen molar-refractivity contribution in [1.29, 1.82) is 0 Å². The molecule has 1 fully saturated rings. The third-order valence-electron chi connectivity index (χ3n) is 3.73. The molecule has 0 radical (unpaired) electrons. The smallest absolute Gasteiger partial charge is 0.155 e. The van der Waals surface area contributed by atoms with Crippen LogP contribution in [0.3, 0.4) is 0 Å². The van der Waals surface area contributed by atoms with E-state index in [0.29, 0.717) is 17.4 Å². The SMILES string of the molecule is CCNC(c1ccc(F)c(Br)c1)C1CCCCS1(=O)=O. The van der Waals surface area contributed by atoms with Crippen molar-refractivity contribution >= 4 is 25.8 Å². The topological polar surface area (TPSA) is 46.2 Å². The molecule has 1 aliphatic rings. The molecule has 1 aromatic rings. The van der Waals surface area contributed by atoms with E-state index in [4.69, 9.17) is 0 Å². The van der Waals surface area contributed by atoms with E-state index < -0.39 is 15.1 Å². The predicted molar refractivity (Wildman–Crippen MR) is 81.9 cm³/mol. The summed E-state index contributed by atoms with van der Waals surface area (Å²) in [6.45, 7) is 2.62. The standard InChI is InChI=1S/C14H19BrFNO2S/c1-2-17-14(10-6-7-12(16)11(15)9-10)13-5-3-4-8-20(13,18)19/h6-7,9,13-14,17H,2-5,8H2,1H3. The lowest BCUT2D eigenvalue weighted by Crippen LogP contribution is -2.40. The van der Waals surface area contributed by atoms with Gasteiger partial charge in [0.25, 0.3) is 0 Å². The lowest BCUT2D eigenvalue weighted by atomic mass is 9.99. The Hall–Kier alpha value is -0.460. The van der Waals surface area contributed by atoms with Crippen LogP contribution in [0, 0.1) is 5.82 Å². The monoisotopic (exact) mass is 363 g/mol. The van der Waals surface area contributed by atoms with E-state index >= 15 is 0 Å². The molecule has 2 atom stereocenters. The molecule has 6 heteroatoms. The highest BCUT2D eigenvalue weighted by atomic mass is 79.9. The van der Waals surface area contributed by atoms with Gasteiger partial charge < -0.3 is 5.32 Å². The van der Waals surface area contributed by atoms with Crippen molar-refractivity contribution < 1.29 is 12.8 Å². The summed E-state index contributed by atoms with van der Waals surface area (Å²) in [4.78, 5) is 0. The number of halogens is 2. The third kappa shape index (κ3) is 3.40. The summed E-state index contributed by atoms with van der Waals surface area (Å²) in [5, 5.41) is 2.83. The first-order valence-corrected chi connectivity index (χ1v) is 9.36. The van der Waals surface area contributed by atoms with Crippen LogP contribution in [0.25, 0.3) is 0 Å². The van der Waals surface area contributed by atoms with Crippen LogP contribution in [0.15, 0.2) is 22.7 Å². The van der Waals surface area contributed by atoms with Crippen LogP contribution in [-0.4, -0.2) is 26.0 Å². The summed E-state index contributed by atoms with van der Waals surface area (Å²) in [6.07, 6.45) is 2.33. The molecule has 20 heavy (non-hydrogen) atoms. The number of benzene rings is 1. The van der Waals surface area contributed by atoms with E-state index in [1.165, 1.54) is 6.07 Å². The molecule has 0 amide bonds. The van der Waals surface area contributed by atoms with Crippen molar-refractivity contribution in [3.63, 3.8) is 0 Å². The van der Waals surface area contributed by atoms with E-state index in [0.717, 1.165) is 18.4 Å². The quantitative estimate of drug-likeness (QED) is 0.893. The van der Waals surface area contributed by atoms with Crippen LogP contribution in [0.2, 0.25) is 0 Å². The molecule has 2 unspecified atom stereocenters. The maximum atomic E-state index is 13.4. The van der Waals surface area contributed by atoms with Crippen LogP contribution in [0.4, 0.5) is 4.39 Å². The zero-order valence-corrected chi connectivity index (χ0v) is 13.8. The van der Waals surface area contributed by atoms with Gasteiger partial charge in [-0.25, -0.2) is 12.8 Å². The van der Waals surface area contributed by atoms with Gasteiger partial charge in [-0.15, -0.1) is 0 Å². The average Bonchev–Trinajstić information content (AvgIpc) is 2.40. The Kier molecular flexibility index (Phi) is 5.20. The summed E-state index contributed by atoms with van der Waals surface area (Å²) in [7, 11) is -3.09. The second-order valence-corrected chi connectivity index (χ2v) is 8.30. The molecule has 0 bridgehead atoms.